The maximum atomic E-state index is 5.34. The Hall–Kier alpha value is -2.76. The number of nitrogens with zero attached hydrogens (tertiary/aromatic N) is 2. The lowest BCUT2D eigenvalue weighted by Crippen LogP contribution is -2.39. The Balaban J connectivity index is 1.77. The molecule has 0 saturated carbocycles. The Labute approximate surface area is 155 Å². The van der Waals surface area contributed by atoms with Gasteiger partial charge in [0.2, 0.25) is 0 Å². The van der Waals surface area contributed by atoms with Crippen molar-refractivity contribution >= 4 is 5.96 Å². The fraction of sp³-hybridized carbons (Fsp3) is 0.400. The summed E-state index contributed by atoms with van der Waals surface area (Å²) in [5, 5.41) is 6.69. The van der Waals surface area contributed by atoms with Gasteiger partial charge >= 0.3 is 0 Å². The quantitative estimate of drug-likeness (QED) is 0.561. The molecule has 0 atom stereocenters. The number of benzene rings is 1. The highest BCUT2D eigenvalue weighted by Gasteiger charge is 2.05. The highest BCUT2D eigenvalue weighted by Crippen LogP contribution is 2.27. The van der Waals surface area contributed by atoms with Crippen molar-refractivity contribution in [2.45, 2.75) is 19.8 Å². The van der Waals surface area contributed by atoms with Crippen molar-refractivity contribution in [2.75, 3.05) is 34.4 Å². The van der Waals surface area contributed by atoms with Gasteiger partial charge in [0.05, 0.1) is 14.2 Å². The van der Waals surface area contributed by atoms with Crippen molar-refractivity contribution in [1.29, 1.82) is 0 Å². The summed E-state index contributed by atoms with van der Waals surface area (Å²) in [5.74, 6) is 2.30. The van der Waals surface area contributed by atoms with Crippen LogP contribution in [0, 0.1) is 6.92 Å². The topological polar surface area (TPSA) is 67.8 Å². The fourth-order valence-electron chi connectivity index (χ4n) is 2.68. The Morgan fingerprint density at radius 3 is 2.42 bits per heavy atom. The molecule has 2 N–H and O–H groups in total. The smallest absolute Gasteiger partial charge is 0.190 e. The van der Waals surface area contributed by atoms with Gasteiger partial charge in [-0.05, 0) is 54.7 Å². The Bertz CT molecular complexity index is 732. The molecule has 1 aromatic heterocycles. The van der Waals surface area contributed by atoms with Gasteiger partial charge in [0.1, 0.15) is 0 Å². The zero-order valence-corrected chi connectivity index (χ0v) is 16.0. The monoisotopic (exact) mass is 356 g/mol. The van der Waals surface area contributed by atoms with Gasteiger partial charge < -0.3 is 20.1 Å². The second kappa shape index (κ2) is 10.3. The molecule has 0 aliphatic rings. The number of nitrogens with one attached hydrogen (secondary N) is 2. The molecule has 2 rings (SSSR count). The van der Waals surface area contributed by atoms with Crippen LogP contribution < -0.4 is 20.1 Å². The van der Waals surface area contributed by atoms with Crippen LogP contribution in [0.4, 0.5) is 0 Å². The first-order valence-electron chi connectivity index (χ1n) is 8.72. The number of aromatic nitrogens is 1. The van der Waals surface area contributed by atoms with Crippen molar-refractivity contribution in [3.63, 3.8) is 0 Å². The van der Waals surface area contributed by atoms with Gasteiger partial charge in [0.25, 0.3) is 0 Å². The van der Waals surface area contributed by atoms with E-state index in [9.17, 15) is 0 Å². The molecular weight excluding hydrogens is 328 g/mol. The largest absolute Gasteiger partial charge is 0.493 e. The number of pyridine rings is 1. The van der Waals surface area contributed by atoms with Gasteiger partial charge in [0.15, 0.2) is 17.5 Å². The van der Waals surface area contributed by atoms with Gasteiger partial charge in [-0.25, -0.2) is 0 Å². The number of aryl methyl sites for hydroxylation is 1. The first-order chi connectivity index (χ1) is 12.7. The molecule has 0 saturated heterocycles. The van der Waals surface area contributed by atoms with Gasteiger partial charge in [-0.3, -0.25) is 9.98 Å². The summed E-state index contributed by atoms with van der Waals surface area (Å²) in [4.78, 5) is 8.39. The number of ether oxygens (including phenoxy) is 2. The number of rotatable bonds is 8. The predicted octanol–water partition coefficient (Wildman–Crippen LogP) is 2.36. The third-order valence-electron chi connectivity index (χ3n) is 4.20. The first kappa shape index (κ1) is 19.6. The maximum absolute atomic E-state index is 5.34. The molecule has 0 bridgehead atoms. The van der Waals surface area contributed by atoms with E-state index in [0.717, 1.165) is 43.4 Å². The van der Waals surface area contributed by atoms with Gasteiger partial charge in [-0.15, -0.1) is 0 Å². The van der Waals surface area contributed by atoms with Crippen molar-refractivity contribution in [1.82, 2.24) is 15.6 Å². The van der Waals surface area contributed by atoms with E-state index in [-0.39, 0.29) is 0 Å². The molecule has 6 nitrogen and oxygen atoms in total. The van der Waals surface area contributed by atoms with Crippen LogP contribution in [0.25, 0.3) is 0 Å². The highest BCUT2D eigenvalue weighted by atomic mass is 16.5. The molecule has 1 aromatic carbocycles. The maximum Gasteiger partial charge on any atom is 0.190 e. The summed E-state index contributed by atoms with van der Waals surface area (Å²) in [6.07, 6.45) is 5.53. The summed E-state index contributed by atoms with van der Waals surface area (Å²) in [6, 6.07) is 8.04. The fourth-order valence-corrected chi connectivity index (χ4v) is 2.68. The van der Waals surface area contributed by atoms with Crippen molar-refractivity contribution in [3.8, 4) is 11.5 Å². The van der Waals surface area contributed by atoms with Crippen LogP contribution in [0.3, 0.4) is 0 Å². The first-order valence-corrected chi connectivity index (χ1v) is 8.72. The van der Waals surface area contributed by atoms with E-state index >= 15 is 0 Å². The Kier molecular flexibility index (Phi) is 7.74. The minimum absolute atomic E-state index is 0.744. The zero-order valence-electron chi connectivity index (χ0n) is 16.0. The highest BCUT2D eigenvalue weighted by molar-refractivity contribution is 5.79. The molecule has 0 aliphatic heterocycles. The molecule has 0 unspecified atom stereocenters. The van der Waals surface area contributed by atoms with E-state index in [2.05, 4.69) is 33.6 Å². The van der Waals surface area contributed by atoms with Crippen LogP contribution in [-0.2, 0) is 12.8 Å². The van der Waals surface area contributed by atoms with Crippen molar-refractivity contribution in [2.24, 2.45) is 4.99 Å². The van der Waals surface area contributed by atoms with E-state index < -0.39 is 0 Å². The molecule has 0 radical (unpaired) electrons. The molecule has 0 spiro atoms. The minimum atomic E-state index is 0.744. The normalized spacial score (nSPS) is 11.2. The summed E-state index contributed by atoms with van der Waals surface area (Å²) in [6.45, 7) is 3.68. The van der Waals surface area contributed by atoms with Crippen LogP contribution in [0.15, 0.2) is 41.7 Å². The van der Waals surface area contributed by atoms with Gasteiger partial charge in [-0.1, -0.05) is 6.07 Å². The van der Waals surface area contributed by atoms with E-state index in [1.807, 2.05) is 30.6 Å². The Morgan fingerprint density at radius 1 is 1.04 bits per heavy atom. The lowest BCUT2D eigenvalue weighted by molar-refractivity contribution is 0.354. The zero-order chi connectivity index (χ0) is 18.8. The van der Waals surface area contributed by atoms with Crippen molar-refractivity contribution < 1.29 is 9.47 Å². The SMILES string of the molecule is CN=C(NCCc1ccc(OC)c(OC)c1)NCCc1ccncc1C. The molecule has 6 heteroatoms. The molecule has 0 aliphatic carbocycles. The molecule has 2 aromatic rings. The molecule has 1 heterocycles. The third-order valence-corrected chi connectivity index (χ3v) is 4.20. The predicted molar refractivity (Wildman–Crippen MR) is 105 cm³/mol. The molecule has 26 heavy (non-hydrogen) atoms. The van der Waals surface area contributed by atoms with Gasteiger partial charge in [0, 0.05) is 32.5 Å². The van der Waals surface area contributed by atoms with E-state index in [0.29, 0.717) is 0 Å². The third kappa shape index (κ3) is 5.65. The lowest BCUT2D eigenvalue weighted by atomic mass is 10.1. The van der Waals surface area contributed by atoms with Crippen LogP contribution in [0.1, 0.15) is 16.7 Å². The molecule has 140 valence electrons. The second-order valence-electron chi connectivity index (χ2n) is 5.92. The van der Waals surface area contributed by atoms with Crippen LogP contribution >= 0.6 is 0 Å². The standard InChI is InChI=1S/C20H28N4O2/c1-15-14-22-10-8-17(15)9-12-24-20(21-2)23-11-7-16-5-6-18(25-3)19(13-16)26-4/h5-6,8,10,13-14H,7,9,11-12H2,1-4H3,(H2,21,23,24). The number of guanidine groups is 1. The van der Waals surface area contributed by atoms with E-state index in [4.69, 9.17) is 9.47 Å². The lowest BCUT2D eigenvalue weighted by Gasteiger charge is -2.13. The average Bonchev–Trinajstić information content (AvgIpc) is 2.68. The Morgan fingerprint density at radius 2 is 1.77 bits per heavy atom. The van der Waals surface area contributed by atoms with Crippen LogP contribution in [-0.4, -0.2) is 45.3 Å². The number of hydrogen-bond donors (Lipinski definition) is 2. The van der Waals surface area contributed by atoms with Crippen LogP contribution in [0.2, 0.25) is 0 Å². The number of methoxy groups -OCH3 is 2. The van der Waals surface area contributed by atoms with Gasteiger partial charge in [-0.2, -0.15) is 0 Å². The van der Waals surface area contributed by atoms with E-state index in [1.165, 1.54) is 16.7 Å². The summed E-state index contributed by atoms with van der Waals surface area (Å²) in [5.41, 5.74) is 3.69. The summed E-state index contributed by atoms with van der Waals surface area (Å²) < 4.78 is 10.6. The average molecular weight is 356 g/mol. The number of aliphatic imine (C=N–C) groups is 1. The van der Waals surface area contributed by atoms with Crippen LogP contribution in [0.5, 0.6) is 11.5 Å². The van der Waals surface area contributed by atoms with E-state index in [1.54, 1.807) is 21.3 Å². The second-order valence-corrected chi connectivity index (χ2v) is 5.92. The summed E-state index contributed by atoms with van der Waals surface area (Å²) >= 11 is 0. The molecular formula is C20H28N4O2. The summed E-state index contributed by atoms with van der Waals surface area (Å²) in [7, 11) is 5.07. The number of hydrogen-bond acceptors (Lipinski definition) is 4. The molecule has 0 amide bonds. The minimum Gasteiger partial charge on any atom is -0.493 e. The van der Waals surface area contributed by atoms with Crippen molar-refractivity contribution in [3.05, 3.63) is 53.3 Å². The molecule has 0 fully saturated rings.